The Labute approximate surface area is 118 Å². The number of nitrogens with one attached hydrogen (secondary N) is 2. The summed E-state index contributed by atoms with van der Waals surface area (Å²) in [4.78, 5) is 35.6. The van der Waals surface area contributed by atoms with Gasteiger partial charge in [0, 0.05) is 38.0 Å². The van der Waals surface area contributed by atoms with Gasteiger partial charge in [0.1, 0.15) is 0 Å². The molecule has 0 aromatic rings. The van der Waals surface area contributed by atoms with Crippen LogP contribution in [-0.2, 0) is 9.59 Å². The van der Waals surface area contributed by atoms with Crippen molar-refractivity contribution in [1.82, 2.24) is 15.5 Å². The molecule has 0 atom stereocenters. The number of hydrogen-bond donors (Lipinski definition) is 3. The molecule has 7 nitrogen and oxygen atoms in total. The first-order chi connectivity index (χ1) is 9.54. The molecule has 2 fully saturated rings. The lowest BCUT2D eigenvalue weighted by molar-refractivity contribution is -0.123. The molecule has 1 aliphatic heterocycles. The number of amides is 4. The number of carbonyl (C=O) groups is 3. The third-order valence-corrected chi connectivity index (χ3v) is 3.80. The van der Waals surface area contributed by atoms with E-state index in [1.165, 1.54) is 0 Å². The van der Waals surface area contributed by atoms with E-state index in [1.807, 2.05) is 0 Å². The maximum absolute atomic E-state index is 11.7. The molecule has 112 valence electrons. The van der Waals surface area contributed by atoms with Gasteiger partial charge >= 0.3 is 6.03 Å². The Bertz CT molecular complexity index is 387. The molecule has 1 saturated heterocycles. The minimum atomic E-state index is -0.809. The van der Waals surface area contributed by atoms with Gasteiger partial charge in [0.15, 0.2) is 0 Å². The Morgan fingerprint density at radius 3 is 2.30 bits per heavy atom. The highest BCUT2D eigenvalue weighted by molar-refractivity contribution is 5.93. The van der Waals surface area contributed by atoms with E-state index in [0.717, 1.165) is 38.8 Å². The van der Waals surface area contributed by atoms with E-state index in [0.29, 0.717) is 6.54 Å². The van der Waals surface area contributed by atoms with Crippen LogP contribution in [0.5, 0.6) is 0 Å². The standard InChI is InChI=1S/C13H22N4O3/c14-13(20)16-11(18)5-8-17-6-3-10(4-7-17)15-12(19)9-1-2-9/h9-10H,1-8H2,(H,15,19)(H3,14,16,18,20). The average Bonchev–Trinajstić information content (AvgIpc) is 3.21. The highest BCUT2D eigenvalue weighted by Gasteiger charge is 2.31. The molecule has 2 rings (SSSR count). The molecular formula is C13H22N4O3. The van der Waals surface area contributed by atoms with Gasteiger partial charge in [-0.1, -0.05) is 0 Å². The van der Waals surface area contributed by atoms with Gasteiger partial charge in [-0.05, 0) is 25.7 Å². The van der Waals surface area contributed by atoms with Crippen LogP contribution in [0.25, 0.3) is 0 Å². The second-order valence-electron chi connectivity index (χ2n) is 5.56. The van der Waals surface area contributed by atoms with Crippen molar-refractivity contribution in [3.8, 4) is 0 Å². The van der Waals surface area contributed by atoms with Gasteiger partial charge in [-0.15, -0.1) is 0 Å². The van der Waals surface area contributed by atoms with E-state index in [1.54, 1.807) is 0 Å². The highest BCUT2D eigenvalue weighted by Crippen LogP contribution is 2.29. The van der Waals surface area contributed by atoms with Crippen LogP contribution in [0.15, 0.2) is 0 Å². The van der Waals surface area contributed by atoms with E-state index in [-0.39, 0.29) is 30.2 Å². The van der Waals surface area contributed by atoms with Gasteiger partial charge in [-0.2, -0.15) is 0 Å². The molecule has 1 heterocycles. The minimum absolute atomic E-state index is 0.198. The predicted molar refractivity (Wildman–Crippen MR) is 72.7 cm³/mol. The first-order valence-electron chi connectivity index (χ1n) is 7.16. The third-order valence-electron chi connectivity index (χ3n) is 3.80. The summed E-state index contributed by atoms with van der Waals surface area (Å²) >= 11 is 0. The Morgan fingerprint density at radius 1 is 1.10 bits per heavy atom. The summed E-state index contributed by atoms with van der Waals surface area (Å²) in [6, 6.07) is -0.546. The smallest absolute Gasteiger partial charge is 0.318 e. The molecule has 2 aliphatic rings. The summed E-state index contributed by atoms with van der Waals surface area (Å²) in [6.45, 7) is 2.33. The summed E-state index contributed by atoms with van der Waals surface area (Å²) in [5.74, 6) is 0.108. The van der Waals surface area contributed by atoms with Gasteiger partial charge in [0.05, 0.1) is 0 Å². The normalized spacial score (nSPS) is 20.4. The second-order valence-corrected chi connectivity index (χ2v) is 5.56. The van der Waals surface area contributed by atoms with Gasteiger partial charge in [-0.3, -0.25) is 14.9 Å². The fourth-order valence-corrected chi connectivity index (χ4v) is 2.43. The molecule has 4 amide bonds. The molecule has 1 saturated carbocycles. The third kappa shape index (κ3) is 4.80. The number of hydrogen-bond acceptors (Lipinski definition) is 4. The van der Waals surface area contributed by atoms with Crippen LogP contribution in [0.4, 0.5) is 4.79 Å². The SMILES string of the molecule is NC(=O)NC(=O)CCN1CCC(NC(=O)C2CC2)CC1. The quantitative estimate of drug-likeness (QED) is 0.636. The zero-order valence-corrected chi connectivity index (χ0v) is 11.6. The number of primary amides is 1. The zero-order valence-electron chi connectivity index (χ0n) is 11.6. The Balaban J connectivity index is 1.60. The minimum Gasteiger partial charge on any atom is -0.353 e. The van der Waals surface area contributed by atoms with Crippen LogP contribution in [0.3, 0.4) is 0 Å². The molecule has 0 unspecified atom stereocenters. The Morgan fingerprint density at radius 2 is 1.75 bits per heavy atom. The molecule has 4 N–H and O–H groups in total. The predicted octanol–water partition coefficient (Wildman–Crippen LogP) is -0.438. The zero-order chi connectivity index (χ0) is 14.5. The lowest BCUT2D eigenvalue weighted by Gasteiger charge is -2.32. The lowest BCUT2D eigenvalue weighted by atomic mass is 10.0. The number of urea groups is 1. The van der Waals surface area contributed by atoms with Crippen molar-refractivity contribution in [2.45, 2.75) is 38.1 Å². The maximum atomic E-state index is 11.7. The first-order valence-corrected chi connectivity index (χ1v) is 7.16. The molecule has 0 radical (unpaired) electrons. The van der Waals surface area contributed by atoms with E-state index >= 15 is 0 Å². The van der Waals surface area contributed by atoms with Crippen LogP contribution in [0.1, 0.15) is 32.1 Å². The van der Waals surface area contributed by atoms with Crippen LogP contribution in [0.2, 0.25) is 0 Å². The molecule has 1 aliphatic carbocycles. The van der Waals surface area contributed by atoms with Crippen LogP contribution < -0.4 is 16.4 Å². The van der Waals surface area contributed by atoms with E-state index in [9.17, 15) is 14.4 Å². The number of likely N-dealkylation sites (tertiary alicyclic amines) is 1. The highest BCUT2D eigenvalue weighted by atomic mass is 16.2. The summed E-state index contributed by atoms with van der Waals surface area (Å²) in [5, 5.41) is 5.14. The van der Waals surface area contributed by atoms with Gasteiger partial charge < -0.3 is 16.0 Å². The number of imide groups is 1. The van der Waals surface area contributed by atoms with Crippen LogP contribution >= 0.6 is 0 Å². The monoisotopic (exact) mass is 282 g/mol. The first kappa shape index (κ1) is 14.8. The summed E-state index contributed by atoms with van der Waals surface area (Å²) in [7, 11) is 0. The Kier molecular flexibility index (Phi) is 4.94. The average molecular weight is 282 g/mol. The lowest BCUT2D eigenvalue weighted by Crippen LogP contribution is -2.46. The van der Waals surface area contributed by atoms with Crippen molar-refractivity contribution < 1.29 is 14.4 Å². The fraction of sp³-hybridized carbons (Fsp3) is 0.769. The van der Waals surface area contributed by atoms with E-state index in [2.05, 4.69) is 15.5 Å². The molecule has 0 aromatic carbocycles. The summed E-state index contributed by atoms with van der Waals surface area (Å²) < 4.78 is 0. The topological polar surface area (TPSA) is 105 Å². The number of nitrogens with zero attached hydrogens (tertiary/aromatic N) is 1. The fourth-order valence-electron chi connectivity index (χ4n) is 2.43. The molecule has 0 bridgehead atoms. The van der Waals surface area contributed by atoms with Crippen molar-refractivity contribution in [2.24, 2.45) is 11.7 Å². The second kappa shape index (κ2) is 6.69. The number of piperidine rings is 1. The van der Waals surface area contributed by atoms with E-state index in [4.69, 9.17) is 5.73 Å². The van der Waals surface area contributed by atoms with Crippen molar-refractivity contribution >= 4 is 17.8 Å². The molecule has 0 aromatic heterocycles. The molecular weight excluding hydrogens is 260 g/mol. The largest absolute Gasteiger partial charge is 0.353 e. The van der Waals surface area contributed by atoms with E-state index < -0.39 is 6.03 Å². The van der Waals surface area contributed by atoms with Gasteiger partial charge in [-0.25, -0.2) is 4.79 Å². The number of rotatable bonds is 5. The molecule has 0 spiro atoms. The molecule has 20 heavy (non-hydrogen) atoms. The van der Waals surface area contributed by atoms with Crippen molar-refractivity contribution in [2.75, 3.05) is 19.6 Å². The number of nitrogens with two attached hydrogens (primary N) is 1. The number of carbonyl (C=O) groups excluding carboxylic acids is 3. The van der Waals surface area contributed by atoms with Crippen molar-refractivity contribution in [3.05, 3.63) is 0 Å². The molecule has 7 heteroatoms. The van der Waals surface area contributed by atoms with Crippen LogP contribution in [-0.4, -0.2) is 48.4 Å². The summed E-state index contributed by atoms with van der Waals surface area (Å²) in [5.41, 5.74) is 4.87. The summed E-state index contributed by atoms with van der Waals surface area (Å²) in [6.07, 6.45) is 4.15. The Hall–Kier alpha value is -1.63. The van der Waals surface area contributed by atoms with Gasteiger partial charge in [0.2, 0.25) is 11.8 Å². The maximum Gasteiger partial charge on any atom is 0.318 e. The van der Waals surface area contributed by atoms with Crippen molar-refractivity contribution in [3.63, 3.8) is 0 Å². The van der Waals surface area contributed by atoms with Crippen LogP contribution in [0, 0.1) is 5.92 Å². The van der Waals surface area contributed by atoms with Crippen molar-refractivity contribution in [1.29, 1.82) is 0 Å². The van der Waals surface area contributed by atoms with Gasteiger partial charge in [0.25, 0.3) is 0 Å².